The van der Waals surface area contributed by atoms with E-state index in [0.29, 0.717) is 0 Å². The molecule has 1 nitrogen and oxygen atoms in total. The Morgan fingerprint density at radius 2 is 1.81 bits per heavy atom. The molecular formula is C20H35N. The van der Waals surface area contributed by atoms with E-state index < -0.39 is 0 Å². The highest BCUT2D eigenvalue weighted by Gasteiger charge is 2.47. The van der Waals surface area contributed by atoms with Crippen molar-refractivity contribution in [1.82, 2.24) is 0 Å². The minimum Gasteiger partial charge on any atom is -0.198 e. The molecule has 2 unspecified atom stereocenters. The molecule has 0 aromatic heterocycles. The Bertz CT molecular complexity index is 342. The van der Waals surface area contributed by atoms with Gasteiger partial charge in [-0.15, -0.1) is 0 Å². The molecule has 0 heterocycles. The van der Waals surface area contributed by atoms with Gasteiger partial charge in [0.25, 0.3) is 0 Å². The molecule has 0 saturated heterocycles. The fourth-order valence-electron chi connectivity index (χ4n) is 5.10. The van der Waals surface area contributed by atoms with Gasteiger partial charge in [-0.2, -0.15) is 5.26 Å². The first-order valence-electron chi connectivity index (χ1n) is 9.65. The minimum absolute atomic E-state index is 0.0674. The minimum atomic E-state index is 0.0674. The molecule has 0 amide bonds. The summed E-state index contributed by atoms with van der Waals surface area (Å²) in [5.74, 6) is 2.49. The fourth-order valence-corrected chi connectivity index (χ4v) is 5.10. The molecule has 2 saturated carbocycles. The molecule has 4 atom stereocenters. The number of rotatable bonds is 7. The Labute approximate surface area is 132 Å². The van der Waals surface area contributed by atoms with Gasteiger partial charge in [0.05, 0.1) is 11.5 Å². The first kappa shape index (κ1) is 16.9. The second-order valence-electron chi connectivity index (χ2n) is 7.89. The molecule has 2 aliphatic rings. The number of hydrogen-bond donors (Lipinski definition) is 0. The van der Waals surface area contributed by atoms with Crippen molar-refractivity contribution in [3.63, 3.8) is 0 Å². The third-order valence-corrected chi connectivity index (χ3v) is 6.36. The monoisotopic (exact) mass is 289 g/mol. The first-order chi connectivity index (χ1) is 10.2. The van der Waals surface area contributed by atoms with E-state index in [9.17, 15) is 5.26 Å². The zero-order valence-electron chi connectivity index (χ0n) is 14.4. The lowest BCUT2D eigenvalue weighted by molar-refractivity contribution is 0.0370. The molecule has 0 aliphatic heterocycles. The second-order valence-corrected chi connectivity index (χ2v) is 7.89. The second kappa shape index (κ2) is 8.21. The lowest BCUT2D eigenvalue weighted by Crippen LogP contribution is -2.40. The number of hydrogen-bond acceptors (Lipinski definition) is 1. The van der Waals surface area contributed by atoms with E-state index >= 15 is 0 Å². The normalized spacial score (nSPS) is 36.0. The van der Waals surface area contributed by atoms with E-state index in [4.69, 9.17) is 0 Å². The van der Waals surface area contributed by atoms with Crippen molar-refractivity contribution >= 4 is 0 Å². The SMILES string of the molecule is CCCCCC[C@@H]1CC[C@@H]2CC(CCC)CCC2(C#N)C1. The molecule has 120 valence electrons. The summed E-state index contributed by atoms with van der Waals surface area (Å²) in [5, 5.41) is 9.87. The topological polar surface area (TPSA) is 23.8 Å². The van der Waals surface area contributed by atoms with Gasteiger partial charge < -0.3 is 0 Å². The van der Waals surface area contributed by atoms with Crippen LogP contribution < -0.4 is 0 Å². The van der Waals surface area contributed by atoms with Gasteiger partial charge in [0.15, 0.2) is 0 Å². The van der Waals surface area contributed by atoms with Gasteiger partial charge in [-0.25, -0.2) is 0 Å². The van der Waals surface area contributed by atoms with Crippen LogP contribution in [0.1, 0.15) is 97.3 Å². The standard InChI is InChI=1S/C20H35N/c1-3-5-6-7-9-18-10-11-19-14-17(8-4-2)12-13-20(19,15-18)16-21/h17-19H,3-15H2,1-2H3/t17?,18-,19-,20?/m1/s1. The van der Waals surface area contributed by atoms with Crippen LogP contribution in [0.5, 0.6) is 0 Å². The van der Waals surface area contributed by atoms with Gasteiger partial charge in [-0.05, 0) is 49.9 Å². The maximum atomic E-state index is 9.87. The van der Waals surface area contributed by atoms with Gasteiger partial charge >= 0.3 is 0 Å². The lowest BCUT2D eigenvalue weighted by Gasteiger charge is -2.48. The summed E-state index contributed by atoms with van der Waals surface area (Å²) in [6, 6.07) is 2.81. The predicted molar refractivity (Wildman–Crippen MR) is 89.9 cm³/mol. The van der Waals surface area contributed by atoms with Gasteiger partial charge in [0.1, 0.15) is 0 Å². The van der Waals surface area contributed by atoms with Gasteiger partial charge in [-0.3, -0.25) is 0 Å². The number of unbranched alkanes of at least 4 members (excludes halogenated alkanes) is 3. The van der Waals surface area contributed by atoms with Crippen LogP contribution in [0.3, 0.4) is 0 Å². The average Bonchev–Trinajstić information content (AvgIpc) is 2.52. The van der Waals surface area contributed by atoms with Crippen molar-refractivity contribution in [2.45, 2.75) is 97.3 Å². The third kappa shape index (κ3) is 4.24. The summed E-state index contributed by atoms with van der Waals surface area (Å²) in [7, 11) is 0. The molecule has 0 spiro atoms. The molecule has 0 aromatic carbocycles. The van der Waals surface area contributed by atoms with Crippen LogP contribution in [-0.2, 0) is 0 Å². The summed E-state index contributed by atoms with van der Waals surface area (Å²) >= 11 is 0. The zero-order valence-corrected chi connectivity index (χ0v) is 14.4. The Morgan fingerprint density at radius 1 is 0.952 bits per heavy atom. The first-order valence-corrected chi connectivity index (χ1v) is 9.65. The van der Waals surface area contributed by atoms with E-state index in [1.54, 1.807) is 0 Å². The van der Waals surface area contributed by atoms with Crippen LogP contribution in [0.4, 0.5) is 0 Å². The molecule has 0 aromatic rings. The smallest absolute Gasteiger partial charge is 0.0692 e. The maximum Gasteiger partial charge on any atom is 0.0692 e. The van der Waals surface area contributed by atoms with Crippen LogP contribution >= 0.6 is 0 Å². The van der Waals surface area contributed by atoms with E-state index in [1.807, 2.05) is 0 Å². The van der Waals surface area contributed by atoms with Crippen LogP contribution in [0.2, 0.25) is 0 Å². The summed E-state index contributed by atoms with van der Waals surface area (Å²) in [5.41, 5.74) is 0.0674. The number of nitriles is 1. The van der Waals surface area contributed by atoms with E-state index in [0.717, 1.165) is 17.8 Å². The molecule has 2 rings (SSSR count). The Kier molecular flexibility index (Phi) is 6.59. The molecule has 1 heteroatoms. The summed E-state index contributed by atoms with van der Waals surface area (Å²) in [6.45, 7) is 4.59. The summed E-state index contributed by atoms with van der Waals surface area (Å²) in [6.07, 6.45) is 17.4. The van der Waals surface area contributed by atoms with Crippen LogP contribution in [-0.4, -0.2) is 0 Å². The fraction of sp³-hybridized carbons (Fsp3) is 0.950. The largest absolute Gasteiger partial charge is 0.198 e. The molecule has 0 N–H and O–H groups in total. The number of nitrogens with zero attached hydrogens (tertiary/aromatic N) is 1. The maximum absolute atomic E-state index is 9.87. The molecule has 21 heavy (non-hydrogen) atoms. The van der Waals surface area contributed by atoms with Gasteiger partial charge in [-0.1, -0.05) is 65.2 Å². The van der Waals surface area contributed by atoms with Crippen molar-refractivity contribution in [2.24, 2.45) is 23.2 Å². The van der Waals surface area contributed by atoms with E-state index in [2.05, 4.69) is 19.9 Å². The molecule has 2 fully saturated rings. The highest BCUT2D eigenvalue weighted by atomic mass is 14.5. The molecule has 0 radical (unpaired) electrons. The molecule has 0 bridgehead atoms. The third-order valence-electron chi connectivity index (χ3n) is 6.36. The van der Waals surface area contributed by atoms with Crippen molar-refractivity contribution < 1.29 is 0 Å². The average molecular weight is 290 g/mol. The van der Waals surface area contributed by atoms with Crippen molar-refractivity contribution in [2.75, 3.05) is 0 Å². The Morgan fingerprint density at radius 3 is 2.52 bits per heavy atom. The van der Waals surface area contributed by atoms with E-state index in [1.165, 1.54) is 83.5 Å². The summed E-state index contributed by atoms with van der Waals surface area (Å²) in [4.78, 5) is 0. The van der Waals surface area contributed by atoms with E-state index in [-0.39, 0.29) is 5.41 Å². The molecule has 2 aliphatic carbocycles. The van der Waals surface area contributed by atoms with Crippen molar-refractivity contribution in [1.29, 1.82) is 5.26 Å². The summed E-state index contributed by atoms with van der Waals surface area (Å²) < 4.78 is 0. The Hall–Kier alpha value is -0.510. The van der Waals surface area contributed by atoms with Crippen LogP contribution in [0.15, 0.2) is 0 Å². The van der Waals surface area contributed by atoms with Crippen LogP contribution in [0.25, 0.3) is 0 Å². The van der Waals surface area contributed by atoms with Gasteiger partial charge in [0, 0.05) is 0 Å². The number of fused-ring (bicyclic) bond motifs is 1. The highest BCUT2D eigenvalue weighted by Crippen LogP contribution is 2.54. The molecular weight excluding hydrogens is 254 g/mol. The van der Waals surface area contributed by atoms with Crippen molar-refractivity contribution in [3.8, 4) is 6.07 Å². The van der Waals surface area contributed by atoms with Crippen molar-refractivity contribution in [3.05, 3.63) is 0 Å². The lowest BCUT2D eigenvalue weighted by atomic mass is 9.55. The quantitative estimate of drug-likeness (QED) is 0.492. The van der Waals surface area contributed by atoms with Gasteiger partial charge in [0.2, 0.25) is 0 Å². The Balaban J connectivity index is 1.86. The highest BCUT2D eigenvalue weighted by molar-refractivity contribution is 5.08. The predicted octanol–water partition coefficient (Wildman–Crippen LogP) is 6.48. The van der Waals surface area contributed by atoms with Crippen LogP contribution in [0, 0.1) is 34.5 Å². The zero-order chi connectivity index (χ0) is 15.1.